The minimum absolute atomic E-state index is 0.279. The van der Waals surface area contributed by atoms with Gasteiger partial charge in [-0.1, -0.05) is 23.2 Å². The van der Waals surface area contributed by atoms with Gasteiger partial charge in [0, 0.05) is 23.2 Å². The Morgan fingerprint density at radius 1 is 1.22 bits per heavy atom. The number of rotatable bonds is 5. The molecule has 0 fully saturated rings. The van der Waals surface area contributed by atoms with Crippen LogP contribution in [0.25, 0.3) is 11.3 Å². The predicted molar refractivity (Wildman–Crippen MR) is 104 cm³/mol. The summed E-state index contributed by atoms with van der Waals surface area (Å²) in [6, 6.07) is 10.8. The topological polar surface area (TPSA) is 56.2 Å². The van der Waals surface area contributed by atoms with Crippen molar-refractivity contribution in [2.24, 2.45) is 0 Å². The van der Waals surface area contributed by atoms with E-state index >= 15 is 0 Å². The van der Waals surface area contributed by atoms with Gasteiger partial charge in [-0.05, 0) is 43.3 Å². The molecule has 0 atom stereocenters. The number of benzene rings is 2. The molecule has 1 N–H and O–H groups in total. The third-order valence-electron chi connectivity index (χ3n) is 3.94. The second kappa shape index (κ2) is 7.98. The monoisotopic (exact) mass is 407 g/mol. The lowest BCUT2D eigenvalue weighted by Gasteiger charge is -2.08. The van der Waals surface area contributed by atoms with Crippen LogP contribution in [0.5, 0.6) is 5.75 Å². The van der Waals surface area contributed by atoms with Crippen LogP contribution in [0.3, 0.4) is 0 Å². The predicted octanol–water partition coefficient (Wildman–Crippen LogP) is 5.28. The largest absolute Gasteiger partial charge is 0.497 e. The molecule has 1 aromatic heterocycles. The van der Waals surface area contributed by atoms with Crippen molar-refractivity contribution in [1.29, 1.82) is 0 Å². The SMILES string of the molecule is CCn1nc(-c2ccc(OC)cc2F)cc1C(=O)Nc1ccc(Cl)cc1Cl. The Balaban J connectivity index is 1.93. The molecule has 0 saturated carbocycles. The second-order valence-electron chi connectivity index (χ2n) is 5.65. The lowest BCUT2D eigenvalue weighted by molar-refractivity contribution is 0.101. The molecule has 1 heterocycles. The first-order valence-electron chi connectivity index (χ1n) is 8.11. The van der Waals surface area contributed by atoms with Crippen molar-refractivity contribution in [3.63, 3.8) is 0 Å². The molecule has 0 radical (unpaired) electrons. The maximum atomic E-state index is 14.3. The van der Waals surface area contributed by atoms with E-state index in [2.05, 4.69) is 10.4 Å². The number of aromatic nitrogens is 2. The molecular formula is C19H16Cl2FN3O2. The van der Waals surface area contributed by atoms with E-state index in [0.29, 0.717) is 33.7 Å². The molecular weight excluding hydrogens is 392 g/mol. The van der Waals surface area contributed by atoms with Gasteiger partial charge < -0.3 is 10.1 Å². The third kappa shape index (κ3) is 4.07. The number of anilines is 1. The summed E-state index contributed by atoms with van der Waals surface area (Å²) in [6.45, 7) is 2.28. The fourth-order valence-corrected chi connectivity index (χ4v) is 3.04. The lowest BCUT2D eigenvalue weighted by Crippen LogP contribution is -2.17. The van der Waals surface area contributed by atoms with Crippen LogP contribution in [0, 0.1) is 5.82 Å². The Morgan fingerprint density at radius 3 is 2.63 bits per heavy atom. The van der Waals surface area contributed by atoms with Gasteiger partial charge >= 0.3 is 0 Å². The quantitative estimate of drug-likeness (QED) is 0.625. The Bertz CT molecular complexity index is 1000. The van der Waals surface area contributed by atoms with E-state index in [1.807, 2.05) is 6.92 Å². The maximum Gasteiger partial charge on any atom is 0.273 e. The minimum Gasteiger partial charge on any atom is -0.497 e. The lowest BCUT2D eigenvalue weighted by atomic mass is 10.1. The number of hydrogen-bond donors (Lipinski definition) is 1. The van der Waals surface area contributed by atoms with Crippen molar-refractivity contribution in [3.8, 4) is 17.0 Å². The van der Waals surface area contributed by atoms with Crippen LogP contribution in [0.1, 0.15) is 17.4 Å². The molecule has 140 valence electrons. The van der Waals surface area contributed by atoms with Gasteiger partial charge in [0.2, 0.25) is 0 Å². The summed E-state index contributed by atoms with van der Waals surface area (Å²) in [7, 11) is 1.46. The number of halogens is 3. The van der Waals surface area contributed by atoms with Crippen LogP contribution in [-0.2, 0) is 6.54 Å². The smallest absolute Gasteiger partial charge is 0.273 e. The molecule has 0 aliphatic carbocycles. The first-order chi connectivity index (χ1) is 12.9. The number of aryl methyl sites for hydroxylation is 1. The number of ether oxygens (including phenoxy) is 1. The fourth-order valence-electron chi connectivity index (χ4n) is 2.58. The molecule has 0 bridgehead atoms. The van der Waals surface area contributed by atoms with E-state index in [1.54, 1.807) is 24.3 Å². The van der Waals surface area contributed by atoms with Crippen molar-refractivity contribution in [2.75, 3.05) is 12.4 Å². The normalized spacial score (nSPS) is 10.7. The standard InChI is InChI=1S/C19H16Cl2FN3O2/c1-3-25-18(19(26)23-16-7-4-11(20)8-14(16)21)10-17(24-25)13-6-5-12(27-2)9-15(13)22/h4-10H,3H2,1-2H3,(H,23,26). The number of carbonyl (C=O) groups excluding carboxylic acids is 1. The Hall–Kier alpha value is -2.57. The van der Waals surface area contributed by atoms with E-state index in [9.17, 15) is 9.18 Å². The summed E-state index contributed by atoms with van der Waals surface area (Å²) in [4.78, 5) is 12.7. The second-order valence-corrected chi connectivity index (χ2v) is 6.50. The summed E-state index contributed by atoms with van der Waals surface area (Å²) < 4.78 is 20.9. The molecule has 27 heavy (non-hydrogen) atoms. The van der Waals surface area contributed by atoms with Gasteiger partial charge in [0.1, 0.15) is 17.3 Å². The Labute approximate surface area is 165 Å². The zero-order valence-corrected chi connectivity index (χ0v) is 16.1. The van der Waals surface area contributed by atoms with Crippen molar-refractivity contribution < 1.29 is 13.9 Å². The fraction of sp³-hybridized carbons (Fsp3) is 0.158. The highest BCUT2D eigenvalue weighted by Crippen LogP contribution is 2.28. The number of nitrogens with zero attached hydrogens (tertiary/aromatic N) is 2. The Morgan fingerprint density at radius 2 is 2.00 bits per heavy atom. The first-order valence-corrected chi connectivity index (χ1v) is 8.86. The van der Waals surface area contributed by atoms with Gasteiger partial charge in [-0.2, -0.15) is 5.10 Å². The van der Waals surface area contributed by atoms with Crippen LogP contribution < -0.4 is 10.1 Å². The number of hydrogen-bond acceptors (Lipinski definition) is 3. The summed E-state index contributed by atoms with van der Waals surface area (Å²) in [5.41, 5.74) is 1.34. The molecule has 5 nitrogen and oxygen atoms in total. The van der Waals surface area contributed by atoms with Crippen LogP contribution in [-0.4, -0.2) is 22.8 Å². The van der Waals surface area contributed by atoms with Crippen LogP contribution in [0.4, 0.5) is 10.1 Å². The van der Waals surface area contributed by atoms with Crippen molar-refractivity contribution in [1.82, 2.24) is 9.78 Å². The summed E-state index contributed by atoms with van der Waals surface area (Å²) in [5.74, 6) is -0.488. The highest BCUT2D eigenvalue weighted by atomic mass is 35.5. The zero-order valence-electron chi connectivity index (χ0n) is 14.6. The van der Waals surface area contributed by atoms with E-state index < -0.39 is 11.7 Å². The third-order valence-corrected chi connectivity index (χ3v) is 4.49. The molecule has 1 amide bonds. The van der Waals surface area contributed by atoms with Crippen molar-refractivity contribution >= 4 is 34.8 Å². The molecule has 0 aliphatic heterocycles. The van der Waals surface area contributed by atoms with Crippen LogP contribution in [0.2, 0.25) is 10.0 Å². The Kier molecular flexibility index (Phi) is 5.68. The van der Waals surface area contributed by atoms with Gasteiger partial charge in [-0.3, -0.25) is 9.48 Å². The zero-order chi connectivity index (χ0) is 19.6. The van der Waals surface area contributed by atoms with Gasteiger partial charge in [0.25, 0.3) is 5.91 Å². The average molecular weight is 408 g/mol. The van der Waals surface area contributed by atoms with Crippen molar-refractivity contribution in [2.45, 2.75) is 13.5 Å². The highest BCUT2D eigenvalue weighted by Gasteiger charge is 2.18. The van der Waals surface area contributed by atoms with Crippen LogP contribution >= 0.6 is 23.2 Å². The average Bonchev–Trinajstić information content (AvgIpc) is 3.08. The summed E-state index contributed by atoms with van der Waals surface area (Å²) >= 11 is 12.0. The van der Waals surface area contributed by atoms with E-state index in [-0.39, 0.29) is 11.3 Å². The van der Waals surface area contributed by atoms with Gasteiger partial charge in [-0.25, -0.2) is 4.39 Å². The molecule has 0 saturated heterocycles. The number of carbonyl (C=O) groups is 1. The van der Waals surface area contributed by atoms with E-state index in [0.717, 1.165) is 0 Å². The van der Waals surface area contributed by atoms with E-state index in [4.69, 9.17) is 27.9 Å². The molecule has 3 aromatic rings. The number of methoxy groups -OCH3 is 1. The molecule has 3 rings (SSSR count). The van der Waals surface area contributed by atoms with Crippen molar-refractivity contribution in [3.05, 3.63) is 64.0 Å². The van der Waals surface area contributed by atoms with Gasteiger partial charge in [0.05, 0.1) is 23.5 Å². The summed E-state index contributed by atoms with van der Waals surface area (Å²) in [5, 5.41) is 7.84. The highest BCUT2D eigenvalue weighted by molar-refractivity contribution is 6.36. The molecule has 0 unspecified atom stereocenters. The van der Waals surface area contributed by atoms with Gasteiger partial charge in [0.15, 0.2) is 0 Å². The molecule has 0 spiro atoms. The molecule has 0 aliphatic rings. The van der Waals surface area contributed by atoms with Gasteiger partial charge in [-0.15, -0.1) is 0 Å². The number of amides is 1. The first kappa shape index (κ1) is 19.2. The summed E-state index contributed by atoms with van der Waals surface area (Å²) in [6.07, 6.45) is 0. The van der Waals surface area contributed by atoms with Crippen LogP contribution in [0.15, 0.2) is 42.5 Å². The minimum atomic E-state index is -0.484. The number of nitrogens with one attached hydrogen (secondary N) is 1. The molecule has 8 heteroatoms. The molecule has 2 aromatic carbocycles. The maximum absolute atomic E-state index is 14.3. The van der Waals surface area contributed by atoms with E-state index in [1.165, 1.54) is 30.0 Å².